The Kier molecular flexibility index (Phi) is 3.88. The smallest absolute Gasteiger partial charge is 0.173 e. The first-order valence-corrected chi connectivity index (χ1v) is 6.15. The Bertz CT molecular complexity index is 634. The summed E-state index contributed by atoms with van der Waals surface area (Å²) in [5.41, 5.74) is 8.23. The van der Waals surface area contributed by atoms with Crippen LogP contribution in [0.25, 0.3) is 0 Å². The van der Waals surface area contributed by atoms with E-state index in [1.54, 1.807) is 16.9 Å². The van der Waals surface area contributed by atoms with Crippen molar-refractivity contribution in [2.24, 2.45) is 17.9 Å². The zero-order chi connectivity index (χ0) is 14.7. The molecule has 0 aromatic carbocycles. The summed E-state index contributed by atoms with van der Waals surface area (Å²) in [4.78, 5) is 6.41. The van der Waals surface area contributed by atoms with Crippen LogP contribution in [0.3, 0.4) is 0 Å². The molecule has 20 heavy (non-hydrogen) atoms. The van der Waals surface area contributed by atoms with E-state index in [1.807, 2.05) is 38.2 Å². The summed E-state index contributed by atoms with van der Waals surface area (Å²) in [7, 11) is 3.78. The minimum atomic E-state index is 0.0468. The third-order valence-electron chi connectivity index (χ3n) is 2.94. The van der Waals surface area contributed by atoms with Crippen molar-refractivity contribution in [1.29, 1.82) is 0 Å². The molecule has 0 atom stereocenters. The molecular formula is C13H18N6O. The average molecular weight is 274 g/mol. The number of hydrogen-bond acceptors (Lipinski definition) is 5. The van der Waals surface area contributed by atoms with Crippen LogP contribution in [0.1, 0.15) is 16.8 Å². The van der Waals surface area contributed by atoms with Crippen LogP contribution in [0.2, 0.25) is 0 Å². The maximum Gasteiger partial charge on any atom is 0.173 e. The Balaban J connectivity index is 2.32. The monoisotopic (exact) mass is 274 g/mol. The quantitative estimate of drug-likeness (QED) is 0.373. The van der Waals surface area contributed by atoms with Crippen LogP contribution >= 0.6 is 0 Å². The van der Waals surface area contributed by atoms with Crippen LogP contribution in [0.15, 0.2) is 29.7 Å². The topological polar surface area (TPSA) is 92.6 Å². The molecule has 2 heterocycles. The van der Waals surface area contributed by atoms with Gasteiger partial charge in [-0.05, 0) is 19.1 Å². The number of rotatable bonds is 4. The van der Waals surface area contributed by atoms with Gasteiger partial charge in [0.2, 0.25) is 0 Å². The van der Waals surface area contributed by atoms with E-state index >= 15 is 0 Å². The first-order chi connectivity index (χ1) is 9.51. The molecule has 0 unspecified atom stereocenters. The number of pyridine rings is 1. The zero-order valence-electron chi connectivity index (χ0n) is 11.8. The fourth-order valence-corrected chi connectivity index (χ4v) is 1.99. The van der Waals surface area contributed by atoms with Crippen LogP contribution in [-0.4, -0.2) is 32.9 Å². The maximum atomic E-state index is 8.86. The van der Waals surface area contributed by atoms with Crippen molar-refractivity contribution in [3.63, 3.8) is 0 Å². The average Bonchev–Trinajstić information content (AvgIpc) is 2.83. The van der Waals surface area contributed by atoms with Crippen LogP contribution < -0.4 is 10.6 Å². The predicted molar refractivity (Wildman–Crippen MR) is 76.8 cm³/mol. The SMILES string of the molecule is Cc1ccc(C(N)=NO)c(N(C)Cc2cnn(C)c2)n1. The van der Waals surface area contributed by atoms with Gasteiger partial charge in [-0.15, -0.1) is 0 Å². The molecule has 2 aromatic rings. The number of oxime groups is 1. The lowest BCUT2D eigenvalue weighted by Crippen LogP contribution is -2.24. The number of anilines is 1. The van der Waals surface area contributed by atoms with Crippen molar-refractivity contribution in [1.82, 2.24) is 14.8 Å². The summed E-state index contributed by atoms with van der Waals surface area (Å²) in [6, 6.07) is 3.63. The molecule has 0 aliphatic carbocycles. The molecule has 0 aliphatic heterocycles. The second-order valence-corrected chi connectivity index (χ2v) is 4.69. The number of amidine groups is 1. The van der Waals surface area contributed by atoms with Gasteiger partial charge in [0.15, 0.2) is 5.84 Å². The first-order valence-electron chi connectivity index (χ1n) is 6.15. The minimum absolute atomic E-state index is 0.0468. The predicted octanol–water partition coefficient (Wildman–Crippen LogP) is 0.854. The van der Waals surface area contributed by atoms with E-state index < -0.39 is 0 Å². The third kappa shape index (κ3) is 2.87. The standard InChI is InChI=1S/C13H18N6O/c1-9-4-5-11(12(14)17-20)13(16-9)18(2)7-10-6-15-19(3)8-10/h4-6,8,20H,7H2,1-3H3,(H2,14,17). The van der Waals surface area contributed by atoms with Gasteiger partial charge in [-0.3, -0.25) is 4.68 Å². The maximum absolute atomic E-state index is 8.86. The second-order valence-electron chi connectivity index (χ2n) is 4.69. The molecule has 0 saturated carbocycles. The summed E-state index contributed by atoms with van der Waals surface area (Å²) < 4.78 is 1.75. The number of nitrogens with zero attached hydrogens (tertiary/aromatic N) is 5. The fraction of sp³-hybridized carbons (Fsp3) is 0.308. The molecule has 0 aliphatic rings. The highest BCUT2D eigenvalue weighted by Crippen LogP contribution is 2.19. The van der Waals surface area contributed by atoms with E-state index in [2.05, 4.69) is 15.2 Å². The lowest BCUT2D eigenvalue weighted by atomic mass is 10.2. The van der Waals surface area contributed by atoms with Crippen molar-refractivity contribution in [2.45, 2.75) is 13.5 Å². The zero-order valence-corrected chi connectivity index (χ0v) is 11.8. The van der Waals surface area contributed by atoms with Gasteiger partial charge in [-0.1, -0.05) is 5.16 Å². The summed E-state index contributed by atoms with van der Waals surface area (Å²) in [5, 5.41) is 16.0. The van der Waals surface area contributed by atoms with E-state index in [1.165, 1.54) is 0 Å². The van der Waals surface area contributed by atoms with Gasteiger partial charge in [0.1, 0.15) is 5.82 Å². The van der Waals surface area contributed by atoms with Gasteiger partial charge in [0, 0.05) is 38.1 Å². The van der Waals surface area contributed by atoms with E-state index in [4.69, 9.17) is 10.9 Å². The molecule has 0 saturated heterocycles. The van der Waals surface area contributed by atoms with Crippen LogP contribution in [0, 0.1) is 6.92 Å². The summed E-state index contributed by atoms with van der Waals surface area (Å²) in [5.74, 6) is 0.717. The summed E-state index contributed by atoms with van der Waals surface area (Å²) in [6.45, 7) is 2.54. The molecule has 0 radical (unpaired) electrons. The summed E-state index contributed by atoms with van der Waals surface area (Å²) >= 11 is 0. The van der Waals surface area contributed by atoms with Crippen molar-refractivity contribution in [2.75, 3.05) is 11.9 Å². The van der Waals surface area contributed by atoms with Gasteiger partial charge >= 0.3 is 0 Å². The Morgan fingerprint density at radius 1 is 1.50 bits per heavy atom. The third-order valence-corrected chi connectivity index (χ3v) is 2.94. The molecule has 3 N–H and O–H groups in total. The van der Waals surface area contributed by atoms with Gasteiger partial charge in [0.05, 0.1) is 11.8 Å². The highest BCUT2D eigenvalue weighted by atomic mass is 16.4. The van der Waals surface area contributed by atoms with E-state index in [-0.39, 0.29) is 5.84 Å². The highest BCUT2D eigenvalue weighted by Gasteiger charge is 2.14. The lowest BCUT2D eigenvalue weighted by Gasteiger charge is -2.20. The molecular weight excluding hydrogens is 256 g/mol. The van der Waals surface area contributed by atoms with Gasteiger partial charge in [-0.25, -0.2) is 4.98 Å². The molecule has 0 spiro atoms. The van der Waals surface area contributed by atoms with Crippen LogP contribution in [0.4, 0.5) is 5.82 Å². The molecule has 2 aromatic heterocycles. The number of nitrogens with two attached hydrogens (primary N) is 1. The number of hydrogen-bond donors (Lipinski definition) is 2. The minimum Gasteiger partial charge on any atom is -0.409 e. The van der Waals surface area contributed by atoms with Crippen LogP contribution in [-0.2, 0) is 13.6 Å². The summed E-state index contributed by atoms with van der Waals surface area (Å²) in [6.07, 6.45) is 3.74. The van der Waals surface area contributed by atoms with Crippen molar-refractivity contribution < 1.29 is 5.21 Å². The molecule has 0 fully saturated rings. The largest absolute Gasteiger partial charge is 0.409 e. The normalized spacial score (nSPS) is 11.7. The molecule has 2 rings (SSSR count). The van der Waals surface area contributed by atoms with E-state index in [9.17, 15) is 0 Å². The molecule has 7 heteroatoms. The molecule has 7 nitrogen and oxygen atoms in total. The Labute approximate surface area is 117 Å². The van der Waals surface area contributed by atoms with Crippen molar-refractivity contribution in [3.05, 3.63) is 41.3 Å². The van der Waals surface area contributed by atoms with Gasteiger partial charge < -0.3 is 15.8 Å². The first kappa shape index (κ1) is 13.9. The van der Waals surface area contributed by atoms with Crippen molar-refractivity contribution >= 4 is 11.7 Å². The van der Waals surface area contributed by atoms with Gasteiger partial charge in [-0.2, -0.15) is 5.10 Å². The Morgan fingerprint density at radius 2 is 2.25 bits per heavy atom. The molecule has 0 amide bonds. The van der Waals surface area contributed by atoms with Crippen LogP contribution in [0.5, 0.6) is 0 Å². The Morgan fingerprint density at radius 3 is 2.85 bits per heavy atom. The molecule has 0 bridgehead atoms. The number of aryl methyl sites for hydroxylation is 2. The second kappa shape index (κ2) is 5.60. The van der Waals surface area contributed by atoms with Gasteiger partial charge in [0.25, 0.3) is 0 Å². The fourth-order valence-electron chi connectivity index (χ4n) is 1.99. The highest BCUT2D eigenvalue weighted by molar-refractivity contribution is 6.01. The van der Waals surface area contributed by atoms with Crippen molar-refractivity contribution in [3.8, 4) is 0 Å². The Hall–Kier alpha value is -2.57. The molecule has 106 valence electrons. The lowest BCUT2D eigenvalue weighted by molar-refractivity contribution is 0.318. The van der Waals surface area contributed by atoms with E-state index in [0.29, 0.717) is 17.9 Å². The number of aromatic nitrogens is 3. The van der Waals surface area contributed by atoms with E-state index in [0.717, 1.165) is 11.3 Å².